The predicted molar refractivity (Wildman–Crippen MR) is 65.4 cm³/mol. The molecule has 19 heavy (non-hydrogen) atoms. The number of urea groups is 1. The number of nitriles is 1. The van der Waals surface area contributed by atoms with Gasteiger partial charge in [0.15, 0.2) is 6.29 Å². The molecule has 0 saturated heterocycles. The Kier molecular flexibility index (Phi) is 5.29. The zero-order chi connectivity index (χ0) is 14.4. The van der Waals surface area contributed by atoms with Gasteiger partial charge in [0, 0.05) is 21.3 Å². The lowest BCUT2D eigenvalue weighted by Crippen LogP contribution is -2.38. The van der Waals surface area contributed by atoms with Gasteiger partial charge in [-0.05, 0) is 6.92 Å². The highest BCUT2D eigenvalue weighted by molar-refractivity contribution is 5.89. The zero-order valence-electron chi connectivity index (χ0n) is 11.3. The molecule has 8 nitrogen and oxygen atoms in total. The summed E-state index contributed by atoms with van der Waals surface area (Å²) in [4.78, 5) is 13.2. The quantitative estimate of drug-likeness (QED) is 0.797. The molecule has 0 bridgehead atoms. The summed E-state index contributed by atoms with van der Waals surface area (Å²) in [5.41, 5.74) is 0.629. The molecule has 0 radical (unpaired) electrons. The Balaban J connectivity index is 2.66. The number of likely N-dealkylation sites (N-methyl/N-ethyl adjacent to an activating group) is 1. The Hall–Kier alpha value is -2.11. The van der Waals surface area contributed by atoms with Crippen LogP contribution in [0.3, 0.4) is 0 Å². The summed E-state index contributed by atoms with van der Waals surface area (Å²) < 4.78 is 14.8. The molecule has 0 aliphatic heterocycles. The standard InChI is InChI=1S/C11H16N4O4/c1-7-8(5-12)10(19-14-7)13-11(16)15(2)6-9(17-3)18-4/h9H,6H2,1-4H3,(H,13,16). The Bertz CT molecular complexity index is 476. The summed E-state index contributed by atoms with van der Waals surface area (Å²) in [5, 5.41) is 15.0. The van der Waals surface area contributed by atoms with Gasteiger partial charge in [-0.3, -0.25) is 5.32 Å². The van der Waals surface area contributed by atoms with Crippen LogP contribution in [0.5, 0.6) is 0 Å². The van der Waals surface area contributed by atoms with Crippen LogP contribution < -0.4 is 5.32 Å². The van der Waals surface area contributed by atoms with E-state index in [2.05, 4.69) is 10.5 Å². The lowest BCUT2D eigenvalue weighted by atomic mass is 10.3. The largest absolute Gasteiger partial charge is 0.354 e. The second kappa shape index (κ2) is 6.72. The molecule has 1 rings (SSSR count). The molecular formula is C11H16N4O4. The van der Waals surface area contributed by atoms with Crippen molar-refractivity contribution in [1.29, 1.82) is 5.26 Å². The van der Waals surface area contributed by atoms with E-state index < -0.39 is 12.3 Å². The molecule has 1 N–H and O–H groups in total. The lowest BCUT2D eigenvalue weighted by Gasteiger charge is -2.21. The number of hydrogen-bond donors (Lipinski definition) is 1. The van der Waals surface area contributed by atoms with Crippen LogP contribution in [0, 0.1) is 18.3 Å². The maximum atomic E-state index is 11.9. The van der Waals surface area contributed by atoms with Crippen molar-refractivity contribution in [3.8, 4) is 6.07 Å². The van der Waals surface area contributed by atoms with Crippen LogP contribution in [0.2, 0.25) is 0 Å². The predicted octanol–water partition coefficient (Wildman–Crippen LogP) is 0.937. The number of aromatic nitrogens is 1. The number of carbonyl (C=O) groups excluding carboxylic acids is 1. The number of rotatable bonds is 5. The fourth-order valence-electron chi connectivity index (χ4n) is 1.33. The number of nitrogens with one attached hydrogen (secondary N) is 1. The Morgan fingerprint density at radius 3 is 2.74 bits per heavy atom. The molecule has 1 aromatic heterocycles. The normalized spacial score (nSPS) is 10.3. The third-order valence-corrected chi connectivity index (χ3v) is 2.49. The monoisotopic (exact) mass is 268 g/mol. The van der Waals surface area contributed by atoms with E-state index in [0.29, 0.717) is 5.69 Å². The van der Waals surface area contributed by atoms with E-state index in [0.717, 1.165) is 0 Å². The fraction of sp³-hybridized carbons (Fsp3) is 0.545. The molecule has 1 heterocycles. The third-order valence-electron chi connectivity index (χ3n) is 2.49. The van der Waals surface area contributed by atoms with Gasteiger partial charge >= 0.3 is 6.03 Å². The molecule has 104 valence electrons. The average Bonchev–Trinajstić information content (AvgIpc) is 2.75. The van der Waals surface area contributed by atoms with E-state index in [4.69, 9.17) is 19.3 Å². The SMILES string of the molecule is COC(CN(C)C(=O)Nc1onc(C)c1C#N)OC. The molecule has 0 atom stereocenters. The van der Waals surface area contributed by atoms with E-state index in [1.807, 2.05) is 6.07 Å². The van der Waals surface area contributed by atoms with Crippen LogP contribution in [-0.2, 0) is 9.47 Å². The van der Waals surface area contributed by atoms with Gasteiger partial charge in [0.2, 0.25) is 0 Å². The van der Waals surface area contributed by atoms with Gasteiger partial charge in [-0.2, -0.15) is 5.26 Å². The van der Waals surface area contributed by atoms with Crippen molar-refractivity contribution in [3.05, 3.63) is 11.3 Å². The highest BCUT2D eigenvalue weighted by atomic mass is 16.7. The Morgan fingerprint density at radius 1 is 1.58 bits per heavy atom. The maximum Gasteiger partial charge on any atom is 0.324 e. The number of nitrogens with zero attached hydrogens (tertiary/aromatic N) is 3. The van der Waals surface area contributed by atoms with Crippen molar-refractivity contribution < 1.29 is 18.8 Å². The van der Waals surface area contributed by atoms with Crippen LogP contribution in [0.1, 0.15) is 11.3 Å². The minimum atomic E-state index is -0.525. The number of carbonyl (C=O) groups is 1. The smallest absolute Gasteiger partial charge is 0.324 e. The van der Waals surface area contributed by atoms with Gasteiger partial charge in [-0.15, -0.1) is 0 Å². The van der Waals surface area contributed by atoms with Gasteiger partial charge in [-0.1, -0.05) is 5.16 Å². The fourth-order valence-corrected chi connectivity index (χ4v) is 1.33. The average molecular weight is 268 g/mol. The number of aryl methyl sites for hydroxylation is 1. The van der Waals surface area contributed by atoms with Gasteiger partial charge in [0.25, 0.3) is 5.88 Å². The van der Waals surface area contributed by atoms with Crippen molar-refractivity contribution in [2.75, 3.05) is 33.1 Å². The topological polar surface area (TPSA) is 101 Å². The first-order valence-electron chi connectivity index (χ1n) is 5.47. The minimum Gasteiger partial charge on any atom is -0.354 e. The summed E-state index contributed by atoms with van der Waals surface area (Å²) in [6.45, 7) is 1.85. The molecule has 0 fully saturated rings. The van der Waals surface area contributed by atoms with E-state index in [-0.39, 0.29) is 18.0 Å². The van der Waals surface area contributed by atoms with E-state index in [1.54, 1.807) is 14.0 Å². The molecule has 0 aliphatic rings. The molecule has 0 aromatic carbocycles. The zero-order valence-corrected chi connectivity index (χ0v) is 11.3. The van der Waals surface area contributed by atoms with E-state index in [1.165, 1.54) is 19.1 Å². The van der Waals surface area contributed by atoms with E-state index in [9.17, 15) is 4.79 Å². The van der Waals surface area contributed by atoms with Crippen molar-refractivity contribution in [2.45, 2.75) is 13.2 Å². The lowest BCUT2D eigenvalue weighted by molar-refractivity contribution is -0.108. The third kappa shape index (κ3) is 3.67. The second-order valence-electron chi connectivity index (χ2n) is 3.80. The molecule has 1 aromatic rings. The second-order valence-corrected chi connectivity index (χ2v) is 3.80. The highest BCUT2D eigenvalue weighted by Gasteiger charge is 2.19. The van der Waals surface area contributed by atoms with Crippen molar-refractivity contribution >= 4 is 11.9 Å². The Morgan fingerprint density at radius 2 is 2.21 bits per heavy atom. The number of hydrogen-bond acceptors (Lipinski definition) is 6. The summed E-state index contributed by atoms with van der Waals surface area (Å²) >= 11 is 0. The highest BCUT2D eigenvalue weighted by Crippen LogP contribution is 2.18. The number of anilines is 1. The number of methoxy groups -OCH3 is 2. The van der Waals surface area contributed by atoms with Crippen LogP contribution >= 0.6 is 0 Å². The maximum absolute atomic E-state index is 11.9. The van der Waals surface area contributed by atoms with Crippen LogP contribution in [-0.4, -0.2) is 50.2 Å². The van der Waals surface area contributed by atoms with Crippen molar-refractivity contribution in [2.24, 2.45) is 0 Å². The summed E-state index contributed by atoms with van der Waals surface area (Å²) in [6.07, 6.45) is -0.525. The first-order chi connectivity index (χ1) is 9.03. The molecule has 0 aliphatic carbocycles. The van der Waals surface area contributed by atoms with Crippen molar-refractivity contribution in [3.63, 3.8) is 0 Å². The van der Waals surface area contributed by atoms with Crippen molar-refractivity contribution in [1.82, 2.24) is 10.1 Å². The summed E-state index contributed by atoms with van der Waals surface area (Å²) in [7, 11) is 4.52. The van der Waals surface area contributed by atoms with Gasteiger partial charge in [-0.25, -0.2) is 4.79 Å². The van der Waals surface area contributed by atoms with E-state index >= 15 is 0 Å². The molecule has 0 spiro atoms. The minimum absolute atomic E-state index is 0.0308. The number of ether oxygens (including phenoxy) is 2. The van der Waals surface area contributed by atoms with Gasteiger partial charge in [0.05, 0.1) is 6.54 Å². The Labute approximate surface area is 110 Å². The molecule has 8 heteroatoms. The first-order valence-corrected chi connectivity index (χ1v) is 5.47. The van der Waals surface area contributed by atoms with Crippen LogP contribution in [0.25, 0.3) is 0 Å². The summed E-state index contributed by atoms with van der Waals surface area (Å²) in [6, 6.07) is 1.46. The molecule has 0 unspecified atom stereocenters. The van der Waals surface area contributed by atoms with Gasteiger partial charge in [0.1, 0.15) is 17.3 Å². The molecular weight excluding hydrogens is 252 g/mol. The molecule has 2 amide bonds. The van der Waals surface area contributed by atoms with Crippen LogP contribution in [0.4, 0.5) is 10.7 Å². The van der Waals surface area contributed by atoms with Crippen LogP contribution in [0.15, 0.2) is 4.52 Å². The molecule has 0 saturated carbocycles. The van der Waals surface area contributed by atoms with Gasteiger partial charge < -0.3 is 18.9 Å². The summed E-state index contributed by atoms with van der Waals surface area (Å²) in [5.74, 6) is 0.0308. The first kappa shape index (κ1) is 14.9. The number of amides is 2.